The maximum atomic E-state index is 11.8. The molecule has 0 saturated heterocycles. The van der Waals surface area contributed by atoms with Crippen molar-refractivity contribution in [2.24, 2.45) is 0 Å². The number of carbonyl (C=O) groups excluding carboxylic acids is 1. The number of hydrogen-bond donors (Lipinski definition) is 1. The highest BCUT2D eigenvalue weighted by Gasteiger charge is 2.12. The number of nitrogens with one attached hydrogen (secondary N) is 1. The largest absolute Gasteiger partial charge is 0.411 e. The van der Waals surface area contributed by atoms with Gasteiger partial charge in [-0.15, -0.1) is 10.2 Å². The van der Waals surface area contributed by atoms with E-state index < -0.39 is 0 Å². The lowest BCUT2D eigenvalue weighted by molar-refractivity contribution is -0.113. The monoisotopic (exact) mass is 317 g/mol. The van der Waals surface area contributed by atoms with Crippen LogP contribution in [0.4, 0.5) is 5.82 Å². The van der Waals surface area contributed by atoms with Crippen LogP contribution < -0.4 is 5.32 Å². The zero-order valence-corrected chi connectivity index (χ0v) is 12.3. The van der Waals surface area contributed by atoms with Crippen molar-refractivity contribution in [2.75, 3.05) is 11.1 Å². The summed E-state index contributed by atoms with van der Waals surface area (Å²) >= 11 is 1.14. The topological polar surface area (TPSA) is 107 Å². The molecule has 3 aromatic rings. The predicted molar refractivity (Wildman–Crippen MR) is 78.1 cm³/mol. The van der Waals surface area contributed by atoms with Crippen molar-refractivity contribution >= 4 is 23.5 Å². The Hall–Kier alpha value is -2.68. The first-order valence-electron chi connectivity index (χ1n) is 6.30. The molecule has 3 rings (SSSR count). The summed E-state index contributed by atoms with van der Waals surface area (Å²) < 4.78 is 10.3. The molecule has 0 aliphatic rings. The number of nitrogens with zero attached hydrogens (tertiary/aromatic N) is 4. The Balaban J connectivity index is 1.56. The van der Waals surface area contributed by atoms with Gasteiger partial charge in [-0.3, -0.25) is 9.78 Å². The van der Waals surface area contributed by atoms with Gasteiger partial charge in [0.05, 0.1) is 5.75 Å². The second-order valence-corrected chi connectivity index (χ2v) is 5.20. The average molecular weight is 317 g/mol. The lowest BCUT2D eigenvalue weighted by Gasteiger charge is -1.98. The minimum atomic E-state index is -0.234. The van der Waals surface area contributed by atoms with E-state index in [1.54, 1.807) is 37.5 Å². The third-order valence-electron chi connectivity index (χ3n) is 2.56. The number of carbonyl (C=O) groups is 1. The van der Waals surface area contributed by atoms with Gasteiger partial charge in [0.2, 0.25) is 11.8 Å². The van der Waals surface area contributed by atoms with Gasteiger partial charge in [0.15, 0.2) is 5.82 Å². The van der Waals surface area contributed by atoms with E-state index in [-0.39, 0.29) is 11.7 Å². The van der Waals surface area contributed by atoms with Crippen LogP contribution in [-0.2, 0) is 4.79 Å². The van der Waals surface area contributed by atoms with Crippen LogP contribution in [0, 0.1) is 6.92 Å². The van der Waals surface area contributed by atoms with Crippen LogP contribution in [0.1, 0.15) is 5.76 Å². The molecule has 1 amide bonds. The van der Waals surface area contributed by atoms with Crippen LogP contribution in [0.5, 0.6) is 0 Å². The Bertz CT molecular complexity index is 771. The molecule has 0 unspecified atom stereocenters. The van der Waals surface area contributed by atoms with Gasteiger partial charge < -0.3 is 14.3 Å². The van der Waals surface area contributed by atoms with Crippen molar-refractivity contribution in [3.8, 4) is 11.5 Å². The fourth-order valence-electron chi connectivity index (χ4n) is 1.61. The van der Waals surface area contributed by atoms with Crippen LogP contribution in [0.25, 0.3) is 11.5 Å². The number of thioether (sulfide) groups is 1. The Kier molecular flexibility index (Phi) is 4.15. The molecule has 3 aromatic heterocycles. The van der Waals surface area contributed by atoms with E-state index in [1.165, 1.54) is 0 Å². The molecule has 9 heteroatoms. The lowest BCUT2D eigenvalue weighted by Crippen LogP contribution is -2.14. The first-order chi connectivity index (χ1) is 10.7. The Labute approximate surface area is 129 Å². The fourth-order valence-corrected chi connectivity index (χ4v) is 2.17. The molecule has 0 atom stereocenters. The van der Waals surface area contributed by atoms with E-state index in [0.29, 0.717) is 22.7 Å². The molecule has 0 aliphatic heterocycles. The summed E-state index contributed by atoms with van der Waals surface area (Å²) in [6.45, 7) is 1.75. The zero-order valence-electron chi connectivity index (χ0n) is 11.5. The second kappa shape index (κ2) is 6.39. The van der Waals surface area contributed by atoms with Crippen molar-refractivity contribution in [1.29, 1.82) is 0 Å². The first kappa shape index (κ1) is 14.3. The summed E-state index contributed by atoms with van der Waals surface area (Å²) in [7, 11) is 0. The fraction of sp³-hybridized carbons (Fsp3) is 0.154. The molecule has 0 aromatic carbocycles. The van der Waals surface area contributed by atoms with Crippen molar-refractivity contribution in [3.05, 3.63) is 36.4 Å². The van der Waals surface area contributed by atoms with E-state index >= 15 is 0 Å². The van der Waals surface area contributed by atoms with Gasteiger partial charge in [-0.25, -0.2) is 0 Å². The van der Waals surface area contributed by atoms with E-state index in [1.807, 2.05) is 0 Å². The smallest absolute Gasteiger partial charge is 0.277 e. The van der Waals surface area contributed by atoms with Crippen molar-refractivity contribution < 1.29 is 13.7 Å². The van der Waals surface area contributed by atoms with E-state index in [2.05, 4.69) is 25.7 Å². The molecule has 0 spiro atoms. The summed E-state index contributed by atoms with van der Waals surface area (Å²) in [5, 5.41) is 14.4. The number of pyridine rings is 1. The summed E-state index contributed by atoms with van der Waals surface area (Å²) in [5.41, 5.74) is 0.775. The molecule has 0 bridgehead atoms. The van der Waals surface area contributed by atoms with Crippen LogP contribution in [0.3, 0.4) is 0 Å². The van der Waals surface area contributed by atoms with Crippen molar-refractivity contribution in [3.63, 3.8) is 0 Å². The average Bonchev–Trinajstić information content (AvgIpc) is 3.15. The van der Waals surface area contributed by atoms with Crippen LogP contribution in [0.2, 0.25) is 0 Å². The molecular weight excluding hydrogens is 306 g/mol. The molecule has 8 nitrogen and oxygen atoms in total. The van der Waals surface area contributed by atoms with Gasteiger partial charge >= 0.3 is 0 Å². The summed E-state index contributed by atoms with van der Waals surface area (Å²) in [6, 6.07) is 5.17. The number of rotatable bonds is 5. The van der Waals surface area contributed by atoms with Crippen LogP contribution >= 0.6 is 11.8 Å². The Morgan fingerprint density at radius 1 is 1.32 bits per heavy atom. The Morgan fingerprint density at radius 2 is 2.14 bits per heavy atom. The summed E-state index contributed by atoms with van der Waals surface area (Å²) in [4.78, 5) is 15.7. The van der Waals surface area contributed by atoms with Gasteiger partial charge in [-0.1, -0.05) is 16.9 Å². The Morgan fingerprint density at radius 3 is 2.86 bits per heavy atom. The van der Waals surface area contributed by atoms with E-state index in [0.717, 1.165) is 17.3 Å². The summed E-state index contributed by atoms with van der Waals surface area (Å²) in [5.74, 6) is 1.29. The van der Waals surface area contributed by atoms with Gasteiger partial charge in [-0.2, -0.15) is 0 Å². The molecule has 0 fully saturated rings. The maximum absolute atomic E-state index is 11.8. The number of anilines is 1. The quantitative estimate of drug-likeness (QED) is 0.713. The summed E-state index contributed by atoms with van der Waals surface area (Å²) in [6.07, 6.45) is 3.28. The lowest BCUT2D eigenvalue weighted by atomic mass is 10.3. The van der Waals surface area contributed by atoms with Gasteiger partial charge in [0.25, 0.3) is 5.22 Å². The van der Waals surface area contributed by atoms with Crippen LogP contribution in [-0.4, -0.2) is 32.0 Å². The van der Waals surface area contributed by atoms with Crippen LogP contribution in [0.15, 0.2) is 44.8 Å². The molecule has 0 aliphatic carbocycles. The predicted octanol–water partition coefficient (Wildman–Crippen LogP) is 2.16. The van der Waals surface area contributed by atoms with Gasteiger partial charge in [0, 0.05) is 24.0 Å². The minimum absolute atomic E-state index is 0.129. The highest BCUT2D eigenvalue weighted by Crippen LogP contribution is 2.22. The SMILES string of the molecule is Cc1cc(NC(=O)CSc2nnc(-c3ccncc3)o2)no1. The molecule has 0 radical (unpaired) electrons. The molecule has 22 heavy (non-hydrogen) atoms. The number of aromatic nitrogens is 4. The van der Waals surface area contributed by atoms with Crippen molar-refractivity contribution in [1.82, 2.24) is 20.3 Å². The number of hydrogen-bond acceptors (Lipinski definition) is 8. The standard InChI is InChI=1S/C13H11N5O3S/c1-8-6-10(18-21-8)15-11(19)7-22-13-17-16-12(20-13)9-2-4-14-5-3-9/h2-6H,7H2,1H3,(H,15,18,19). The molecule has 0 saturated carbocycles. The van der Waals surface area contributed by atoms with E-state index in [9.17, 15) is 4.79 Å². The van der Waals surface area contributed by atoms with E-state index in [4.69, 9.17) is 8.94 Å². The first-order valence-corrected chi connectivity index (χ1v) is 7.29. The molecule has 112 valence electrons. The van der Waals surface area contributed by atoms with Gasteiger partial charge in [-0.05, 0) is 19.1 Å². The second-order valence-electron chi connectivity index (χ2n) is 4.27. The number of amides is 1. The third-order valence-corrected chi connectivity index (χ3v) is 3.37. The van der Waals surface area contributed by atoms with Gasteiger partial charge in [0.1, 0.15) is 5.76 Å². The maximum Gasteiger partial charge on any atom is 0.277 e. The molecule has 1 N–H and O–H groups in total. The minimum Gasteiger partial charge on any atom is -0.411 e. The normalized spacial score (nSPS) is 10.6. The highest BCUT2D eigenvalue weighted by molar-refractivity contribution is 7.99. The third kappa shape index (κ3) is 3.50. The number of aryl methyl sites for hydroxylation is 1. The molecule has 3 heterocycles. The highest BCUT2D eigenvalue weighted by atomic mass is 32.2. The zero-order chi connectivity index (χ0) is 15.4. The van der Waals surface area contributed by atoms with Crippen molar-refractivity contribution in [2.45, 2.75) is 12.1 Å². The molecular formula is C13H11N5O3S.